The number of tetrazole rings is 1. The van der Waals surface area contributed by atoms with Crippen LogP contribution in [-0.2, 0) is 19.6 Å². The first-order valence-corrected chi connectivity index (χ1v) is 12.8. The second kappa shape index (κ2) is 11.4. The smallest absolute Gasteiger partial charge is 0.252 e. The minimum atomic E-state index is -0.101. The third-order valence-electron chi connectivity index (χ3n) is 6.86. The van der Waals surface area contributed by atoms with E-state index < -0.39 is 0 Å². The molecule has 0 aliphatic carbocycles. The van der Waals surface area contributed by atoms with Crippen LogP contribution in [0.15, 0.2) is 83.7 Å². The molecule has 5 aromatic rings. The topological polar surface area (TPSA) is 88.9 Å². The fourth-order valence-electron chi connectivity index (χ4n) is 4.87. The molecule has 2 heterocycles. The van der Waals surface area contributed by atoms with Crippen molar-refractivity contribution in [1.29, 1.82) is 0 Å². The SMILES string of the molecule is CC[C@H](c1nnnn1Cc1ccc(OC)cc1)N(Cc1ccccc1)Cc1cc2cc(C)ccc2[nH]c1=O. The molecule has 0 fully saturated rings. The van der Waals surface area contributed by atoms with Gasteiger partial charge in [0.25, 0.3) is 5.56 Å². The molecule has 194 valence electrons. The van der Waals surface area contributed by atoms with Gasteiger partial charge >= 0.3 is 0 Å². The van der Waals surface area contributed by atoms with E-state index in [0.717, 1.165) is 45.6 Å². The third-order valence-corrected chi connectivity index (χ3v) is 6.86. The number of fused-ring (bicyclic) bond motifs is 1. The van der Waals surface area contributed by atoms with Crippen LogP contribution in [0.3, 0.4) is 0 Å². The molecule has 1 atom stereocenters. The van der Waals surface area contributed by atoms with Crippen LogP contribution in [0.25, 0.3) is 10.9 Å². The van der Waals surface area contributed by atoms with Crippen molar-refractivity contribution < 1.29 is 4.74 Å². The summed E-state index contributed by atoms with van der Waals surface area (Å²) in [6.45, 7) is 5.84. The van der Waals surface area contributed by atoms with E-state index in [1.807, 2.05) is 65.3 Å². The Labute approximate surface area is 221 Å². The average molecular weight is 509 g/mol. The lowest BCUT2D eigenvalue weighted by molar-refractivity contribution is 0.161. The summed E-state index contributed by atoms with van der Waals surface area (Å²) < 4.78 is 7.14. The molecule has 0 radical (unpaired) electrons. The molecule has 0 spiro atoms. The monoisotopic (exact) mass is 508 g/mol. The number of nitrogens with zero attached hydrogens (tertiary/aromatic N) is 5. The lowest BCUT2D eigenvalue weighted by Crippen LogP contribution is -2.32. The zero-order valence-electron chi connectivity index (χ0n) is 22.0. The minimum absolute atomic E-state index is 0.0768. The summed E-state index contributed by atoms with van der Waals surface area (Å²) in [6.07, 6.45) is 0.778. The number of rotatable bonds is 10. The van der Waals surface area contributed by atoms with Crippen LogP contribution in [0.5, 0.6) is 5.75 Å². The zero-order chi connectivity index (χ0) is 26.5. The fourth-order valence-corrected chi connectivity index (χ4v) is 4.87. The van der Waals surface area contributed by atoms with Crippen molar-refractivity contribution in [2.45, 2.75) is 45.9 Å². The minimum Gasteiger partial charge on any atom is -0.497 e. The van der Waals surface area contributed by atoms with Gasteiger partial charge in [-0.3, -0.25) is 9.69 Å². The number of aryl methyl sites for hydroxylation is 1. The molecule has 0 aliphatic rings. The highest BCUT2D eigenvalue weighted by Crippen LogP contribution is 2.27. The third kappa shape index (κ3) is 5.65. The zero-order valence-corrected chi connectivity index (χ0v) is 22.0. The second-order valence-electron chi connectivity index (χ2n) is 9.57. The Morgan fingerprint density at radius 2 is 1.76 bits per heavy atom. The van der Waals surface area contributed by atoms with E-state index in [-0.39, 0.29) is 11.6 Å². The lowest BCUT2D eigenvalue weighted by atomic mass is 10.1. The van der Waals surface area contributed by atoms with Crippen molar-refractivity contribution >= 4 is 10.9 Å². The summed E-state index contributed by atoms with van der Waals surface area (Å²) in [7, 11) is 1.66. The Kier molecular flexibility index (Phi) is 7.60. The highest BCUT2D eigenvalue weighted by atomic mass is 16.5. The Morgan fingerprint density at radius 3 is 2.50 bits per heavy atom. The van der Waals surface area contributed by atoms with Crippen molar-refractivity contribution in [1.82, 2.24) is 30.1 Å². The molecule has 0 amide bonds. The van der Waals surface area contributed by atoms with Crippen molar-refractivity contribution in [3.05, 3.63) is 117 Å². The number of aromatic nitrogens is 5. The summed E-state index contributed by atoms with van der Waals surface area (Å²) in [5, 5.41) is 13.8. The summed E-state index contributed by atoms with van der Waals surface area (Å²) in [6, 6.07) is 26.2. The van der Waals surface area contributed by atoms with Crippen molar-refractivity contribution in [2.75, 3.05) is 7.11 Å². The number of nitrogens with one attached hydrogen (secondary N) is 1. The highest BCUT2D eigenvalue weighted by Gasteiger charge is 2.26. The molecule has 0 aliphatic heterocycles. The average Bonchev–Trinajstić information content (AvgIpc) is 3.38. The van der Waals surface area contributed by atoms with Crippen LogP contribution in [0.4, 0.5) is 0 Å². The predicted octanol–water partition coefficient (Wildman–Crippen LogP) is 5.03. The number of hydrogen-bond donors (Lipinski definition) is 1. The second-order valence-corrected chi connectivity index (χ2v) is 9.57. The first-order chi connectivity index (χ1) is 18.5. The molecule has 0 unspecified atom stereocenters. The number of methoxy groups -OCH3 is 1. The molecular formula is C30H32N6O2. The molecule has 0 saturated carbocycles. The Morgan fingerprint density at radius 1 is 0.974 bits per heavy atom. The van der Waals surface area contributed by atoms with Gasteiger partial charge < -0.3 is 9.72 Å². The van der Waals surface area contributed by atoms with Crippen molar-refractivity contribution in [3.8, 4) is 5.75 Å². The number of hydrogen-bond acceptors (Lipinski definition) is 6. The summed E-state index contributed by atoms with van der Waals surface area (Å²) in [4.78, 5) is 18.5. The van der Waals surface area contributed by atoms with Crippen LogP contribution in [0, 0.1) is 6.92 Å². The van der Waals surface area contributed by atoms with Crippen LogP contribution in [0.2, 0.25) is 0 Å². The van der Waals surface area contributed by atoms with Crippen molar-refractivity contribution in [2.24, 2.45) is 0 Å². The maximum Gasteiger partial charge on any atom is 0.252 e. The van der Waals surface area contributed by atoms with E-state index in [9.17, 15) is 4.79 Å². The largest absolute Gasteiger partial charge is 0.497 e. The molecule has 0 saturated heterocycles. The van der Waals surface area contributed by atoms with Crippen LogP contribution in [0.1, 0.15) is 47.5 Å². The Bertz CT molecular complexity index is 1560. The van der Waals surface area contributed by atoms with Gasteiger partial charge in [-0.2, -0.15) is 0 Å². The van der Waals surface area contributed by atoms with Crippen LogP contribution >= 0.6 is 0 Å². The predicted molar refractivity (Wildman–Crippen MR) is 148 cm³/mol. The van der Waals surface area contributed by atoms with Gasteiger partial charge in [-0.15, -0.1) is 5.10 Å². The van der Waals surface area contributed by atoms with Gasteiger partial charge in [0, 0.05) is 24.2 Å². The van der Waals surface area contributed by atoms with Gasteiger partial charge in [0.1, 0.15) is 5.75 Å². The Hall–Kier alpha value is -4.30. The number of H-pyrrole nitrogens is 1. The molecule has 8 heteroatoms. The lowest BCUT2D eigenvalue weighted by Gasteiger charge is -2.30. The van der Waals surface area contributed by atoms with E-state index >= 15 is 0 Å². The van der Waals surface area contributed by atoms with E-state index in [0.29, 0.717) is 25.2 Å². The molecule has 38 heavy (non-hydrogen) atoms. The molecule has 2 aromatic heterocycles. The summed E-state index contributed by atoms with van der Waals surface area (Å²) >= 11 is 0. The van der Waals surface area contributed by atoms with Gasteiger partial charge in [0.05, 0.1) is 19.7 Å². The standard InChI is InChI=1S/C30H32N6O2/c1-4-28(29-32-33-34-36(29)19-23-11-13-26(38-3)14-12-23)35(18-22-8-6-5-7-9-22)20-25-17-24-16-21(2)10-15-27(24)31-30(25)37/h5-17,28H,4,18-20H2,1-3H3,(H,31,37)/t28-/m1/s1. The molecule has 1 N–H and O–H groups in total. The molecular weight excluding hydrogens is 476 g/mol. The number of benzene rings is 3. The summed E-state index contributed by atoms with van der Waals surface area (Å²) in [5.41, 5.74) is 4.87. The van der Waals surface area contributed by atoms with Gasteiger partial charge in [0.15, 0.2) is 5.82 Å². The maximum absolute atomic E-state index is 13.1. The van der Waals surface area contributed by atoms with E-state index in [4.69, 9.17) is 4.74 Å². The number of pyridine rings is 1. The number of ether oxygens (including phenoxy) is 1. The van der Waals surface area contributed by atoms with E-state index in [1.165, 1.54) is 0 Å². The first kappa shape index (κ1) is 25.4. The van der Waals surface area contributed by atoms with Gasteiger partial charge in [-0.25, -0.2) is 4.68 Å². The van der Waals surface area contributed by atoms with Crippen LogP contribution < -0.4 is 10.3 Å². The molecule has 0 bridgehead atoms. The maximum atomic E-state index is 13.1. The first-order valence-electron chi connectivity index (χ1n) is 12.8. The molecule has 3 aromatic carbocycles. The van der Waals surface area contributed by atoms with Crippen LogP contribution in [-0.4, -0.2) is 37.2 Å². The van der Waals surface area contributed by atoms with E-state index in [1.54, 1.807) is 7.11 Å². The highest BCUT2D eigenvalue weighted by molar-refractivity contribution is 5.79. The fraction of sp³-hybridized carbons (Fsp3) is 0.267. The van der Waals surface area contributed by atoms with E-state index in [2.05, 4.69) is 57.5 Å². The van der Waals surface area contributed by atoms with Gasteiger partial charge in [0.2, 0.25) is 0 Å². The molecule has 5 rings (SSSR count). The quantitative estimate of drug-likeness (QED) is 0.285. The van der Waals surface area contributed by atoms with Gasteiger partial charge in [-0.1, -0.05) is 61.0 Å². The normalized spacial score (nSPS) is 12.2. The Balaban J connectivity index is 1.50. The molecule has 8 nitrogen and oxygen atoms in total. The van der Waals surface area contributed by atoms with Gasteiger partial charge in [-0.05, 0) is 70.6 Å². The van der Waals surface area contributed by atoms with Crippen molar-refractivity contribution in [3.63, 3.8) is 0 Å². The summed E-state index contributed by atoms with van der Waals surface area (Å²) in [5.74, 6) is 1.58. The number of aromatic amines is 1.